The van der Waals surface area contributed by atoms with Crippen LogP contribution in [0.3, 0.4) is 0 Å². The molecule has 0 amide bonds. The number of aliphatic imine (C=N–C) groups is 1. The molecule has 0 bridgehead atoms. The highest BCUT2D eigenvalue weighted by Crippen LogP contribution is 2.11. The largest absolute Gasteiger partial charge is 0.288 e. The van der Waals surface area contributed by atoms with Gasteiger partial charge >= 0.3 is 0 Å². The van der Waals surface area contributed by atoms with E-state index in [9.17, 15) is 10.1 Å². The number of nitro benzene ring substituents is 1. The Balaban J connectivity index is 1.98. The van der Waals surface area contributed by atoms with E-state index in [0.717, 1.165) is 11.1 Å². The van der Waals surface area contributed by atoms with E-state index in [-0.39, 0.29) is 5.69 Å². The van der Waals surface area contributed by atoms with Gasteiger partial charge in [-0.15, -0.1) is 0 Å². The number of nitro groups is 1. The summed E-state index contributed by atoms with van der Waals surface area (Å²) >= 11 is 0. The van der Waals surface area contributed by atoms with Crippen molar-refractivity contribution in [2.45, 2.75) is 13.5 Å². The molecule has 0 aliphatic heterocycles. The molecule has 0 unspecified atom stereocenters. The van der Waals surface area contributed by atoms with Crippen molar-refractivity contribution in [3.05, 3.63) is 75.3 Å². The minimum absolute atomic E-state index is 0.0932. The number of hydrogen-bond donors (Lipinski definition) is 0. The summed E-state index contributed by atoms with van der Waals surface area (Å²) in [6.07, 6.45) is 1.73. The van der Waals surface area contributed by atoms with Crippen LogP contribution in [0.25, 0.3) is 0 Å². The molecule has 0 atom stereocenters. The molecule has 96 valence electrons. The number of nitrogens with zero attached hydrogens (tertiary/aromatic N) is 2. The van der Waals surface area contributed by atoms with Gasteiger partial charge in [-0.05, 0) is 30.2 Å². The zero-order chi connectivity index (χ0) is 13.7. The average Bonchev–Trinajstić information content (AvgIpc) is 2.41. The summed E-state index contributed by atoms with van der Waals surface area (Å²) < 4.78 is 0. The van der Waals surface area contributed by atoms with Crippen molar-refractivity contribution in [1.29, 1.82) is 0 Å². The van der Waals surface area contributed by atoms with Crippen molar-refractivity contribution < 1.29 is 4.92 Å². The summed E-state index contributed by atoms with van der Waals surface area (Å²) in [4.78, 5) is 14.4. The smallest absolute Gasteiger partial charge is 0.269 e. The lowest BCUT2D eigenvalue weighted by atomic mass is 10.1. The van der Waals surface area contributed by atoms with Gasteiger partial charge in [-0.3, -0.25) is 15.1 Å². The van der Waals surface area contributed by atoms with Gasteiger partial charge in [-0.1, -0.05) is 29.8 Å². The van der Waals surface area contributed by atoms with Gasteiger partial charge in [0.15, 0.2) is 0 Å². The summed E-state index contributed by atoms with van der Waals surface area (Å²) in [6.45, 7) is 2.65. The lowest BCUT2D eigenvalue weighted by Gasteiger charge is -1.97. The van der Waals surface area contributed by atoms with E-state index in [1.54, 1.807) is 18.3 Å². The van der Waals surface area contributed by atoms with Crippen molar-refractivity contribution >= 4 is 11.9 Å². The van der Waals surface area contributed by atoms with Gasteiger partial charge < -0.3 is 0 Å². The number of rotatable bonds is 4. The van der Waals surface area contributed by atoms with Crippen molar-refractivity contribution in [2.75, 3.05) is 0 Å². The molecule has 4 heteroatoms. The SMILES string of the molecule is Cc1ccc(CN=Cc2ccc([N+](=O)[O-])cc2)cc1. The predicted octanol–water partition coefficient (Wildman–Crippen LogP) is 3.52. The number of hydrogen-bond acceptors (Lipinski definition) is 3. The number of non-ortho nitro benzene ring substituents is 1. The monoisotopic (exact) mass is 254 g/mol. The first-order valence-corrected chi connectivity index (χ1v) is 5.95. The predicted molar refractivity (Wildman–Crippen MR) is 75.6 cm³/mol. The summed E-state index contributed by atoms with van der Waals surface area (Å²) in [7, 11) is 0. The van der Waals surface area contributed by atoms with E-state index >= 15 is 0 Å². The Morgan fingerprint density at radius 3 is 2.32 bits per heavy atom. The van der Waals surface area contributed by atoms with Crippen LogP contribution >= 0.6 is 0 Å². The Labute approximate surface area is 111 Å². The Bertz CT molecular complexity index is 587. The molecule has 4 nitrogen and oxygen atoms in total. The zero-order valence-electron chi connectivity index (χ0n) is 10.6. The quantitative estimate of drug-likeness (QED) is 0.476. The maximum absolute atomic E-state index is 10.5. The van der Waals surface area contributed by atoms with Gasteiger partial charge in [0, 0.05) is 18.3 Å². The van der Waals surface area contributed by atoms with Crippen LogP contribution in [0.15, 0.2) is 53.5 Å². The molecular weight excluding hydrogens is 240 g/mol. The highest BCUT2D eigenvalue weighted by Gasteiger charge is 2.02. The third-order valence-corrected chi connectivity index (χ3v) is 2.74. The fourth-order valence-corrected chi connectivity index (χ4v) is 1.63. The third-order valence-electron chi connectivity index (χ3n) is 2.74. The summed E-state index contributed by atoms with van der Waals surface area (Å²) in [6, 6.07) is 14.5. The van der Waals surface area contributed by atoms with E-state index < -0.39 is 4.92 Å². The van der Waals surface area contributed by atoms with Gasteiger partial charge in [-0.25, -0.2) is 0 Å². The highest BCUT2D eigenvalue weighted by molar-refractivity contribution is 5.79. The molecule has 0 aliphatic rings. The molecule has 0 aliphatic carbocycles. The molecule has 0 saturated heterocycles. The van der Waals surface area contributed by atoms with E-state index in [1.807, 2.05) is 19.1 Å². The first-order chi connectivity index (χ1) is 9.15. The highest BCUT2D eigenvalue weighted by atomic mass is 16.6. The molecule has 0 saturated carbocycles. The average molecular weight is 254 g/mol. The normalized spacial score (nSPS) is 10.8. The molecule has 2 aromatic carbocycles. The lowest BCUT2D eigenvalue weighted by molar-refractivity contribution is -0.384. The molecule has 0 aromatic heterocycles. The van der Waals surface area contributed by atoms with Crippen molar-refractivity contribution in [1.82, 2.24) is 0 Å². The minimum atomic E-state index is -0.409. The second-order valence-corrected chi connectivity index (χ2v) is 4.30. The first kappa shape index (κ1) is 13.0. The Morgan fingerprint density at radius 1 is 1.11 bits per heavy atom. The van der Waals surface area contributed by atoms with Crippen molar-refractivity contribution in [2.24, 2.45) is 4.99 Å². The third kappa shape index (κ3) is 3.74. The molecule has 0 spiro atoms. The van der Waals surface area contributed by atoms with Gasteiger partial charge in [-0.2, -0.15) is 0 Å². The molecular formula is C15H14N2O2. The second kappa shape index (κ2) is 5.91. The van der Waals surface area contributed by atoms with Gasteiger partial charge in [0.2, 0.25) is 0 Å². The molecule has 2 rings (SSSR count). The Hall–Kier alpha value is -2.49. The van der Waals surface area contributed by atoms with E-state index in [1.165, 1.54) is 17.7 Å². The van der Waals surface area contributed by atoms with Crippen LogP contribution in [-0.2, 0) is 6.54 Å². The Morgan fingerprint density at radius 2 is 1.74 bits per heavy atom. The first-order valence-electron chi connectivity index (χ1n) is 5.95. The van der Waals surface area contributed by atoms with Crippen LogP contribution in [-0.4, -0.2) is 11.1 Å². The van der Waals surface area contributed by atoms with Crippen LogP contribution in [0.4, 0.5) is 5.69 Å². The van der Waals surface area contributed by atoms with Crippen molar-refractivity contribution in [3.8, 4) is 0 Å². The van der Waals surface area contributed by atoms with Gasteiger partial charge in [0.05, 0.1) is 11.5 Å². The standard InChI is InChI=1S/C15H14N2O2/c1-12-2-4-13(5-3-12)10-16-11-14-6-8-15(9-7-14)17(18)19/h2-9,11H,10H2,1H3. The fourth-order valence-electron chi connectivity index (χ4n) is 1.63. The summed E-state index contributed by atoms with van der Waals surface area (Å²) in [5.74, 6) is 0. The van der Waals surface area contributed by atoms with Crippen LogP contribution in [0.1, 0.15) is 16.7 Å². The fraction of sp³-hybridized carbons (Fsp3) is 0.133. The van der Waals surface area contributed by atoms with Crippen molar-refractivity contribution in [3.63, 3.8) is 0 Å². The minimum Gasteiger partial charge on any atom is -0.288 e. The summed E-state index contributed by atoms with van der Waals surface area (Å²) in [5.41, 5.74) is 3.32. The molecule has 0 heterocycles. The van der Waals surface area contributed by atoms with Crippen LogP contribution in [0, 0.1) is 17.0 Å². The zero-order valence-corrected chi connectivity index (χ0v) is 10.6. The van der Waals surface area contributed by atoms with Crippen LogP contribution in [0.5, 0.6) is 0 Å². The summed E-state index contributed by atoms with van der Waals surface area (Å²) in [5, 5.41) is 10.5. The topological polar surface area (TPSA) is 55.5 Å². The number of benzene rings is 2. The Kier molecular flexibility index (Phi) is 4.03. The van der Waals surface area contributed by atoms with Gasteiger partial charge in [0.25, 0.3) is 5.69 Å². The van der Waals surface area contributed by atoms with Crippen LogP contribution < -0.4 is 0 Å². The molecule has 0 N–H and O–H groups in total. The maximum atomic E-state index is 10.5. The lowest BCUT2D eigenvalue weighted by Crippen LogP contribution is -1.89. The number of aryl methyl sites for hydroxylation is 1. The molecule has 19 heavy (non-hydrogen) atoms. The second-order valence-electron chi connectivity index (χ2n) is 4.30. The molecule has 2 aromatic rings. The molecule has 0 radical (unpaired) electrons. The van der Waals surface area contributed by atoms with Crippen LogP contribution in [0.2, 0.25) is 0 Å². The van der Waals surface area contributed by atoms with E-state index in [2.05, 4.69) is 17.1 Å². The van der Waals surface area contributed by atoms with E-state index in [0.29, 0.717) is 6.54 Å². The maximum Gasteiger partial charge on any atom is 0.269 e. The van der Waals surface area contributed by atoms with E-state index in [4.69, 9.17) is 0 Å². The molecule has 0 fully saturated rings. The van der Waals surface area contributed by atoms with Gasteiger partial charge in [0.1, 0.15) is 0 Å².